The van der Waals surface area contributed by atoms with Crippen LogP contribution in [0.5, 0.6) is 11.5 Å². The van der Waals surface area contributed by atoms with Gasteiger partial charge in [-0.3, -0.25) is 0 Å². The van der Waals surface area contributed by atoms with Crippen LogP contribution in [-0.4, -0.2) is 24.5 Å². The van der Waals surface area contributed by atoms with Crippen LogP contribution in [0.3, 0.4) is 0 Å². The molecule has 0 N–H and O–H groups in total. The van der Waals surface area contributed by atoms with E-state index in [-0.39, 0.29) is 5.75 Å². The third kappa shape index (κ3) is 4.10. The summed E-state index contributed by atoms with van der Waals surface area (Å²) in [5.41, 5.74) is 0. The summed E-state index contributed by atoms with van der Waals surface area (Å²) in [7, 11) is 0. The van der Waals surface area contributed by atoms with Gasteiger partial charge in [0.1, 0.15) is 11.5 Å². The highest BCUT2D eigenvalue weighted by molar-refractivity contribution is 5.31. The standard InChI is InChI=1S/C12H14F3NO2/c13-12(14,15)17-10-4-6-11(7-5-10)18-16-8-2-1-3-9-16/h4-7H,1-3,8-9H2. The van der Waals surface area contributed by atoms with E-state index < -0.39 is 6.36 Å². The molecule has 1 aliphatic rings. The number of piperidine rings is 1. The first-order chi connectivity index (χ1) is 8.53. The summed E-state index contributed by atoms with van der Waals surface area (Å²) in [5, 5.41) is 1.82. The van der Waals surface area contributed by atoms with Crippen LogP contribution < -0.4 is 9.57 Å². The fraction of sp³-hybridized carbons (Fsp3) is 0.500. The molecule has 0 aromatic heterocycles. The van der Waals surface area contributed by atoms with E-state index in [0.29, 0.717) is 5.75 Å². The number of halogens is 3. The first-order valence-electron chi connectivity index (χ1n) is 5.82. The molecule has 0 atom stereocenters. The summed E-state index contributed by atoms with van der Waals surface area (Å²) < 4.78 is 39.6. The summed E-state index contributed by atoms with van der Waals surface area (Å²) in [6.07, 6.45) is -1.31. The van der Waals surface area contributed by atoms with Crippen LogP contribution in [0.15, 0.2) is 24.3 Å². The predicted molar refractivity (Wildman–Crippen MR) is 59.2 cm³/mol. The first-order valence-corrected chi connectivity index (χ1v) is 5.82. The van der Waals surface area contributed by atoms with E-state index >= 15 is 0 Å². The molecule has 6 heteroatoms. The lowest BCUT2D eigenvalue weighted by atomic mass is 10.2. The highest BCUT2D eigenvalue weighted by Gasteiger charge is 2.31. The minimum absolute atomic E-state index is 0.242. The van der Waals surface area contributed by atoms with Crippen LogP contribution in [0, 0.1) is 0 Å². The molecule has 1 aliphatic heterocycles. The van der Waals surface area contributed by atoms with Gasteiger partial charge < -0.3 is 9.57 Å². The normalized spacial score (nSPS) is 17.5. The molecule has 1 aromatic rings. The van der Waals surface area contributed by atoms with Crippen molar-refractivity contribution in [3.63, 3.8) is 0 Å². The van der Waals surface area contributed by atoms with E-state index in [1.807, 2.05) is 5.06 Å². The molecule has 1 heterocycles. The molecule has 0 bridgehead atoms. The summed E-state index contributed by atoms with van der Waals surface area (Å²) in [5.74, 6) is 0.278. The fourth-order valence-corrected chi connectivity index (χ4v) is 1.81. The van der Waals surface area contributed by atoms with Crippen LogP contribution in [0.25, 0.3) is 0 Å². The van der Waals surface area contributed by atoms with Crippen LogP contribution in [0.2, 0.25) is 0 Å². The fourth-order valence-electron chi connectivity index (χ4n) is 1.81. The van der Waals surface area contributed by atoms with E-state index in [1.165, 1.54) is 30.7 Å². The second kappa shape index (κ2) is 5.48. The lowest BCUT2D eigenvalue weighted by Crippen LogP contribution is -2.32. The Morgan fingerprint density at radius 3 is 2.00 bits per heavy atom. The van der Waals surface area contributed by atoms with Gasteiger partial charge in [-0.25, -0.2) is 0 Å². The third-order valence-corrected chi connectivity index (χ3v) is 2.61. The smallest absolute Gasteiger partial charge is 0.406 e. The molecule has 0 unspecified atom stereocenters. The van der Waals surface area contributed by atoms with Gasteiger partial charge in [-0.15, -0.1) is 18.2 Å². The summed E-state index contributed by atoms with van der Waals surface area (Å²) in [6.45, 7) is 1.70. The molecular formula is C12H14F3NO2. The number of hydroxylamine groups is 2. The van der Waals surface area contributed by atoms with E-state index in [2.05, 4.69) is 4.74 Å². The van der Waals surface area contributed by atoms with Gasteiger partial charge in [0.25, 0.3) is 0 Å². The van der Waals surface area contributed by atoms with E-state index in [0.717, 1.165) is 25.9 Å². The Balaban J connectivity index is 1.90. The summed E-state index contributed by atoms with van der Waals surface area (Å²) >= 11 is 0. The Morgan fingerprint density at radius 1 is 0.889 bits per heavy atom. The molecule has 0 aliphatic carbocycles. The van der Waals surface area contributed by atoms with Crippen molar-refractivity contribution in [3.8, 4) is 11.5 Å². The van der Waals surface area contributed by atoms with Crippen LogP contribution in [0.4, 0.5) is 13.2 Å². The van der Waals surface area contributed by atoms with E-state index in [4.69, 9.17) is 4.84 Å². The van der Waals surface area contributed by atoms with Gasteiger partial charge in [0.05, 0.1) is 0 Å². The minimum atomic E-state index is -4.66. The van der Waals surface area contributed by atoms with Gasteiger partial charge >= 0.3 is 6.36 Å². The molecule has 1 fully saturated rings. The van der Waals surface area contributed by atoms with Crippen LogP contribution in [-0.2, 0) is 0 Å². The number of hydrogen-bond donors (Lipinski definition) is 0. The SMILES string of the molecule is FC(F)(F)Oc1ccc(ON2CCCCC2)cc1. The monoisotopic (exact) mass is 261 g/mol. The second-order valence-electron chi connectivity index (χ2n) is 4.10. The molecule has 2 rings (SSSR count). The van der Waals surface area contributed by atoms with Gasteiger partial charge in [-0.1, -0.05) is 6.42 Å². The highest BCUT2D eigenvalue weighted by Crippen LogP contribution is 2.25. The van der Waals surface area contributed by atoms with Crippen LogP contribution in [0.1, 0.15) is 19.3 Å². The minimum Gasteiger partial charge on any atom is -0.406 e. The van der Waals surface area contributed by atoms with Crippen molar-refractivity contribution in [2.24, 2.45) is 0 Å². The molecule has 1 aromatic carbocycles. The molecule has 0 saturated carbocycles. The van der Waals surface area contributed by atoms with Crippen molar-refractivity contribution in [3.05, 3.63) is 24.3 Å². The van der Waals surface area contributed by atoms with E-state index in [1.54, 1.807) is 0 Å². The second-order valence-corrected chi connectivity index (χ2v) is 4.10. The molecule has 0 spiro atoms. The average molecular weight is 261 g/mol. The Morgan fingerprint density at radius 2 is 1.44 bits per heavy atom. The van der Waals surface area contributed by atoms with Crippen molar-refractivity contribution in [2.45, 2.75) is 25.6 Å². The van der Waals surface area contributed by atoms with Crippen molar-refractivity contribution in [1.29, 1.82) is 0 Å². The lowest BCUT2D eigenvalue weighted by molar-refractivity contribution is -0.274. The zero-order valence-electron chi connectivity index (χ0n) is 9.74. The van der Waals surface area contributed by atoms with Gasteiger partial charge in [0.15, 0.2) is 0 Å². The Labute approximate surface area is 103 Å². The summed E-state index contributed by atoms with van der Waals surface area (Å²) in [4.78, 5) is 5.54. The van der Waals surface area contributed by atoms with Gasteiger partial charge in [-0.2, -0.15) is 0 Å². The number of alkyl halides is 3. The quantitative estimate of drug-likeness (QED) is 0.832. The summed E-state index contributed by atoms with van der Waals surface area (Å²) in [6, 6.07) is 5.42. The zero-order chi connectivity index (χ0) is 13.0. The molecule has 1 saturated heterocycles. The van der Waals surface area contributed by atoms with Gasteiger partial charge in [-0.05, 0) is 37.1 Å². The highest BCUT2D eigenvalue weighted by atomic mass is 19.4. The number of nitrogens with zero attached hydrogens (tertiary/aromatic N) is 1. The Kier molecular flexibility index (Phi) is 3.96. The van der Waals surface area contributed by atoms with Crippen molar-refractivity contribution < 1.29 is 22.7 Å². The molecule has 100 valence electrons. The average Bonchev–Trinajstić information content (AvgIpc) is 2.31. The molecule has 18 heavy (non-hydrogen) atoms. The number of benzene rings is 1. The molecular weight excluding hydrogens is 247 g/mol. The van der Waals surface area contributed by atoms with Gasteiger partial charge in [0, 0.05) is 13.1 Å². The number of rotatable bonds is 3. The van der Waals surface area contributed by atoms with Crippen LogP contribution >= 0.6 is 0 Å². The van der Waals surface area contributed by atoms with Crippen molar-refractivity contribution in [2.75, 3.05) is 13.1 Å². The van der Waals surface area contributed by atoms with E-state index in [9.17, 15) is 13.2 Å². The third-order valence-electron chi connectivity index (χ3n) is 2.61. The topological polar surface area (TPSA) is 21.7 Å². The maximum atomic E-state index is 12.0. The number of ether oxygens (including phenoxy) is 1. The largest absolute Gasteiger partial charge is 0.573 e. The number of hydrogen-bond acceptors (Lipinski definition) is 3. The van der Waals surface area contributed by atoms with Crippen molar-refractivity contribution >= 4 is 0 Å². The molecule has 0 radical (unpaired) electrons. The molecule has 0 amide bonds. The maximum Gasteiger partial charge on any atom is 0.573 e. The predicted octanol–water partition coefficient (Wildman–Crippen LogP) is 3.36. The lowest BCUT2D eigenvalue weighted by Gasteiger charge is -2.26. The van der Waals surface area contributed by atoms with Gasteiger partial charge in [0.2, 0.25) is 0 Å². The first kappa shape index (κ1) is 13.0. The van der Waals surface area contributed by atoms with Crippen molar-refractivity contribution in [1.82, 2.24) is 5.06 Å². The Hall–Kier alpha value is -1.43. The maximum absolute atomic E-state index is 12.0. The molecule has 3 nitrogen and oxygen atoms in total. The Bertz CT molecular complexity index is 372. The zero-order valence-corrected chi connectivity index (χ0v) is 9.74.